The zero-order chi connectivity index (χ0) is 16.4. The van der Waals surface area contributed by atoms with E-state index in [0.29, 0.717) is 18.4 Å². The molecule has 0 aliphatic heterocycles. The van der Waals surface area contributed by atoms with Crippen molar-refractivity contribution < 1.29 is 4.39 Å². The van der Waals surface area contributed by atoms with Crippen molar-refractivity contribution >= 4 is 11.9 Å². The van der Waals surface area contributed by atoms with Crippen LogP contribution in [0.25, 0.3) is 0 Å². The van der Waals surface area contributed by atoms with Gasteiger partial charge in [-0.3, -0.25) is 0 Å². The number of nitrogens with one attached hydrogen (secondary N) is 1. The van der Waals surface area contributed by atoms with Crippen molar-refractivity contribution in [2.75, 3.05) is 17.6 Å². The van der Waals surface area contributed by atoms with Gasteiger partial charge >= 0.3 is 0 Å². The minimum Gasteiger partial charge on any atom is -0.368 e. The van der Waals surface area contributed by atoms with E-state index in [0.717, 1.165) is 12.8 Å². The molecule has 1 heterocycles. The third kappa shape index (κ3) is 3.57. The number of aryl methyl sites for hydroxylation is 1. The molecule has 6 heteroatoms. The van der Waals surface area contributed by atoms with Gasteiger partial charge in [-0.2, -0.15) is 15.0 Å². The van der Waals surface area contributed by atoms with E-state index in [1.165, 1.54) is 31.4 Å². The molecule has 1 aromatic carbocycles. The molecule has 1 aromatic heterocycles. The van der Waals surface area contributed by atoms with Crippen LogP contribution >= 0.6 is 0 Å². The SMILES string of the molecule is CC(C)(F)c1nc(N)nc(NC[C@@H]2CCCc3ccccc32)n1. The number of hydrogen-bond donors (Lipinski definition) is 2. The van der Waals surface area contributed by atoms with E-state index >= 15 is 0 Å². The van der Waals surface area contributed by atoms with E-state index in [1.54, 1.807) is 0 Å². The van der Waals surface area contributed by atoms with Gasteiger partial charge in [0.25, 0.3) is 0 Å². The first kappa shape index (κ1) is 15.6. The molecular formula is C17H22FN5. The minimum atomic E-state index is -1.65. The Morgan fingerprint density at radius 1 is 1.26 bits per heavy atom. The van der Waals surface area contributed by atoms with Gasteiger partial charge in [0.05, 0.1) is 0 Å². The Balaban J connectivity index is 1.76. The fourth-order valence-electron chi connectivity index (χ4n) is 3.02. The summed E-state index contributed by atoms with van der Waals surface area (Å²) in [5.74, 6) is 0.824. The van der Waals surface area contributed by atoms with Gasteiger partial charge in [-0.15, -0.1) is 0 Å². The number of halogens is 1. The highest BCUT2D eigenvalue weighted by atomic mass is 19.1. The van der Waals surface area contributed by atoms with Crippen molar-refractivity contribution in [2.45, 2.75) is 44.7 Å². The summed E-state index contributed by atoms with van der Waals surface area (Å²) < 4.78 is 14.0. The highest BCUT2D eigenvalue weighted by molar-refractivity contribution is 5.36. The largest absolute Gasteiger partial charge is 0.368 e. The normalized spacial score (nSPS) is 17.6. The summed E-state index contributed by atoms with van der Waals surface area (Å²) in [5.41, 5.74) is 6.81. The highest BCUT2D eigenvalue weighted by Gasteiger charge is 2.25. The zero-order valence-electron chi connectivity index (χ0n) is 13.5. The van der Waals surface area contributed by atoms with Crippen LogP contribution in [0.3, 0.4) is 0 Å². The molecule has 1 aliphatic carbocycles. The second kappa shape index (κ2) is 6.10. The van der Waals surface area contributed by atoms with E-state index in [1.807, 2.05) is 0 Å². The second-order valence-corrected chi connectivity index (χ2v) is 6.48. The summed E-state index contributed by atoms with van der Waals surface area (Å²) >= 11 is 0. The van der Waals surface area contributed by atoms with Gasteiger partial charge in [-0.05, 0) is 44.2 Å². The number of anilines is 2. The van der Waals surface area contributed by atoms with Crippen molar-refractivity contribution in [3.63, 3.8) is 0 Å². The van der Waals surface area contributed by atoms with Crippen LogP contribution in [0, 0.1) is 0 Å². The third-order valence-electron chi connectivity index (χ3n) is 4.18. The minimum absolute atomic E-state index is 0.0345. The summed E-state index contributed by atoms with van der Waals surface area (Å²) in [5, 5.41) is 3.20. The predicted octanol–water partition coefficient (Wildman–Crippen LogP) is 3.19. The Labute approximate surface area is 135 Å². The topological polar surface area (TPSA) is 76.7 Å². The molecule has 0 saturated carbocycles. The predicted molar refractivity (Wildman–Crippen MR) is 89.0 cm³/mol. The Hall–Kier alpha value is -2.24. The Morgan fingerprint density at radius 3 is 2.83 bits per heavy atom. The third-order valence-corrected chi connectivity index (χ3v) is 4.18. The quantitative estimate of drug-likeness (QED) is 0.906. The van der Waals surface area contributed by atoms with Crippen LogP contribution in [0.1, 0.15) is 49.6 Å². The molecule has 5 nitrogen and oxygen atoms in total. The van der Waals surface area contributed by atoms with Crippen molar-refractivity contribution in [2.24, 2.45) is 0 Å². The first-order valence-corrected chi connectivity index (χ1v) is 7.96. The molecule has 0 amide bonds. The lowest BCUT2D eigenvalue weighted by Crippen LogP contribution is -2.22. The number of alkyl halides is 1. The van der Waals surface area contributed by atoms with Crippen LogP contribution in [0.2, 0.25) is 0 Å². The lowest BCUT2D eigenvalue weighted by Gasteiger charge is -2.25. The standard InChI is InChI=1S/C17H22FN5/c1-17(2,18)14-21-15(19)23-16(22-14)20-10-12-8-5-7-11-6-3-4-9-13(11)12/h3-4,6,9,12H,5,7-8,10H2,1-2H3,(H3,19,20,21,22,23)/t12-/m0/s1. The monoisotopic (exact) mass is 315 g/mol. The fourth-order valence-corrected chi connectivity index (χ4v) is 3.02. The molecule has 0 fully saturated rings. The van der Waals surface area contributed by atoms with Gasteiger partial charge in [-0.1, -0.05) is 24.3 Å². The van der Waals surface area contributed by atoms with Crippen LogP contribution in [-0.4, -0.2) is 21.5 Å². The van der Waals surface area contributed by atoms with Gasteiger partial charge < -0.3 is 11.1 Å². The molecule has 0 spiro atoms. The van der Waals surface area contributed by atoms with Gasteiger partial charge in [0.2, 0.25) is 11.9 Å². The number of nitrogen functional groups attached to an aromatic ring is 1. The smallest absolute Gasteiger partial charge is 0.227 e. The number of hydrogen-bond acceptors (Lipinski definition) is 5. The molecule has 0 unspecified atom stereocenters. The summed E-state index contributed by atoms with van der Waals surface area (Å²) in [6.45, 7) is 3.51. The van der Waals surface area contributed by atoms with Crippen LogP contribution in [0.4, 0.5) is 16.3 Å². The maximum absolute atomic E-state index is 14.0. The highest BCUT2D eigenvalue weighted by Crippen LogP contribution is 2.31. The van der Waals surface area contributed by atoms with Crippen LogP contribution in [0.5, 0.6) is 0 Å². The summed E-state index contributed by atoms with van der Waals surface area (Å²) in [6.07, 6.45) is 3.42. The summed E-state index contributed by atoms with van der Waals surface area (Å²) in [4.78, 5) is 12.1. The zero-order valence-corrected chi connectivity index (χ0v) is 13.5. The Bertz CT molecular complexity index is 696. The van der Waals surface area contributed by atoms with Gasteiger partial charge in [0.1, 0.15) is 0 Å². The van der Waals surface area contributed by atoms with Crippen molar-refractivity contribution in [3.05, 3.63) is 41.2 Å². The second-order valence-electron chi connectivity index (χ2n) is 6.48. The van der Waals surface area contributed by atoms with Gasteiger partial charge in [-0.25, -0.2) is 4.39 Å². The van der Waals surface area contributed by atoms with E-state index in [2.05, 4.69) is 44.5 Å². The fraction of sp³-hybridized carbons (Fsp3) is 0.471. The first-order valence-electron chi connectivity index (χ1n) is 7.96. The van der Waals surface area contributed by atoms with Crippen LogP contribution < -0.4 is 11.1 Å². The molecule has 3 rings (SSSR count). The average molecular weight is 315 g/mol. The molecule has 23 heavy (non-hydrogen) atoms. The summed E-state index contributed by atoms with van der Waals surface area (Å²) in [6, 6.07) is 8.52. The molecule has 1 atom stereocenters. The van der Waals surface area contributed by atoms with E-state index in [4.69, 9.17) is 5.73 Å². The molecule has 122 valence electrons. The van der Waals surface area contributed by atoms with E-state index in [9.17, 15) is 4.39 Å². The van der Waals surface area contributed by atoms with E-state index < -0.39 is 5.67 Å². The number of benzene rings is 1. The van der Waals surface area contributed by atoms with Crippen molar-refractivity contribution in [3.8, 4) is 0 Å². The molecular weight excluding hydrogens is 293 g/mol. The van der Waals surface area contributed by atoms with E-state index in [-0.39, 0.29) is 11.8 Å². The maximum atomic E-state index is 14.0. The maximum Gasteiger partial charge on any atom is 0.227 e. The molecule has 0 bridgehead atoms. The Kier molecular flexibility index (Phi) is 4.15. The number of aromatic nitrogens is 3. The van der Waals surface area contributed by atoms with Crippen LogP contribution in [0.15, 0.2) is 24.3 Å². The van der Waals surface area contributed by atoms with Crippen LogP contribution in [-0.2, 0) is 12.1 Å². The summed E-state index contributed by atoms with van der Waals surface area (Å²) in [7, 11) is 0. The first-order chi connectivity index (χ1) is 10.9. The lowest BCUT2D eigenvalue weighted by molar-refractivity contribution is 0.206. The van der Waals surface area contributed by atoms with Gasteiger partial charge in [0.15, 0.2) is 11.5 Å². The lowest BCUT2D eigenvalue weighted by atomic mass is 9.83. The molecule has 0 saturated heterocycles. The average Bonchev–Trinajstić information content (AvgIpc) is 2.51. The van der Waals surface area contributed by atoms with Gasteiger partial charge in [0, 0.05) is 12.5 Å². The molecule has 2 aromatic rings. The van der Waals surface area contributed by atoms with Crippen molar-refractivity contribution in [1.82, 2.24) is 15.0 Å². The molecule has 0 radical (unpaired) electrons. The van der Waals surface area contributed by atoms with Crippen molar-refractivity contribution in [1.29, 1.82) is 0 Å². The molecule has 3 N–H and O–H groups in total. The number of nitrogens with zero attached hydrogens (tertiary/aromatic N) is 3. The Morgan fingerprint density at radius 2 is 2.04 bits per heavy atom. The number of nitrogens with two attached hydrogens (primary N) is 1. The number of rotatable bonds is 4. The molecule has 1 aliphatic rings. The number of fused-ring (bicyclic) bond motifs is 1.